The number of rotatable bonds is 10. The molecule has 0 spiro atoms. The zero-order chi connectivity index (χ0) is 50.5. The summed E-state index contributed by atoms with van der Waals surface area (Å²) in [7, 11) is -12.3. The Hall–Kier alpha value is -8.58. The van der Waals surface area contributed by atoms with Crippen LogP contribution in [0.5, 0.6) is 17.2 Å². The number of carbonyl (C=O) groups is 2. The Morgan fingerprint density at radius 1 is 0.706 bits per heavy atom. The first-order valence-corrected chi connectivity index (χ1v) is 22.5. The van der Waals surface area contributed by atoms with Crippen LogP contribution in [0.15, 0.2) is 144 Å². The molecular weight excluding hydrogens is 983 g/mol. The molecule has 30 heteroatoms. The van der Waals surface area contributed by atoms with Gasteiger partial charge in [-0.3, -0.25) is 14.1 Å². The maximum Gasteiger partial charge on any atom is 0.425 e. The number of methoxy groups -OCH3 is 1. The lowest BCUT2D eigenvalue weighted by Gasteiger charge is -2.12. The van der Waals surface area contributed by atoms with Crippen LogP contribution in [0.4, 0.5) is 34.1 Å². The van der Waals surface area contributed by atoms with Gasteiger partial charge in [0, 0.05) is 11.5 Å². The highest BCUT2D eigenvalue weighted by Gasteiger charge is 2.40. The van der Waals surface area contributed by atoms with Gasteiger partial charge in [-0.25, -0.2) is 0 Å². The highest BCUT2D eigenvalue weighted by atomic mass is 32.2. The molecule has 26 nitrogen and oxygen atoms in total. The minimum absolute atomic E-state index is 0.0968. The van der Waals surface area contributed by atoms with Crippen molar-refractivity contribution in [3.8, 4) is 17.2 Å². The summed E-state index contributed by atoms with van der Waals surface area (Å²) < 4.78 is 114. The summed E-state index contributed by atoms with van der Waals surface area (Å²) in [6.45, 7) is 1.82. The first-order chi connectivity index (χ1) is 32.0. The third kappa shape index (κ3) is 14.0. The summed E-state index contributed by atoms with van der Waals surface area (Å²) in [5.41, 5.74) is 7.70. The quantitative estimate of drug-likeness (QED) is 0.102. The van der Waals surface area contributed by atoms with Crippen molar-refractivity contribution in [3.63, 3.8) is 0 Å². The highest BCUT2D eigenvalue weighted by molar-refractivity contribution is 7.85. The van der Waals surface area contributed by atoms with Crippen LogP contribution in [-0.4, -0.2) is 91.7 Å². The van der Waals surface area contributed by atoms with Crippen molar-refractivity contribution in [3.05, 3.63) is 109 Å². The van der Waals surface area contributed by atoms with Gasteiger partial charge in [-0.05, 0) is 90.0 Å². The topological polar surface area (TPSA) is 408 Å². The van der Waals surface area contributed by atoms with Gasteiger partial charge in [0.05, 0.1) is 40.1 Å². The van der Waals surface area contributed by atoms with Gasteiger partial charge in [-0.15, -0.1) is 53.2 Å². The molecule has 7 rings (SSSR count). The minimum atomic E-state index is -4.47. The molecule has 6 aromatic rings. The van der Waals surface area contributed by atoms with Gasteiger partial charge < -0.3 is 20.7 Å². The number of carbonyl (C=O) groups excluding carboxylic acids is 2. The second-order valence-corrected chi connectivity index (χ2v) is 15.5. The second-order valence-electron chi connectivity index (χ2n) is 12.9. The lowest BCUT2D eigenvalue weighted by molar-refractivity contribution is -0.118. The van der Waals surface area contributed by atoms with Crippen LogP contribution in [-0.2, 0) is 51.5 Å². The number of nitrogens with two attached hydrogens (primary N) is 1. The predicted octanol–water partition coefficient (Wildman–Crippen LogP) is 5.13. The number of primary amides is 1. The molecule has 0 bridgehead atoms. The molecule has 352 valence electrons. The number of hydrazone groups is 1. The molecule has 1 atom stereocenters. The Morgan fingerprint density at radius 2 is 1.28 bits per heavy atom. The Kier molecular flexibility index (Phi) is 17.6. The SMILES string of the molecule is COc1cc(N=Nc2cccc3cccc(O)c23)c(C)cc1N=Nc1ccc2cc(N=NC3C(=O)N(c4ccc(S(=O)(=O)O)cc4)N=C3C(N)=O)ccc2c1O.O=S(=O)=O.O=S(=O)=O.O=S(=O)=O. The number of fused-ring (bicyclic) bond motifs is 2. The highest BCUT2D eigenvalue weighted by Crippen LogP contribution is 2.41. The monoisotopic (exact) mass is 1010 g/mol. The zero-order valence-electron chi connectivity index (χ0n) is 34.2. The van der Waals surface area contributed by atoms with Gasteiger partial charge in [0.1, 0.15) is 22.9 Å². The number of azo groups is 3. The lowest BCUT2D eigenvalue weighted by Crippen LogP contribution is -2.35. The fourth-order valence-corrected chi connectivity index (χ4v) is 6.33. The van der Waals surface area contributed by atoms with Crippen LogP contribution >= 0.6 is 0 Å². The van der Waals surface area contributed by atoms with Crippen LogP contribution in [0.1, 0.15) is 5.56 Å². The Balaban J connectivity index is 0.000000754. The van der Waals surface area contributed by atoms with Gasteiger partial charge in [0.15, 0.2) is 11.5 Å². The van der Waals surface area contributed by atoms with E-state index in [2.05, 4.69) is 35.8 Å². The number of phenols is 2. The van der Waals surface area contributed by atoms with Gasteiger partial charge in [-0.1, -0.05) is 30.3 Å². The summed E-state index contributed by atoms with van der Waals surface area (Å²) >= 11 is 0. The number of aromatic hydroxyl groups is 2. The molecule has 1 unspecified atom stereocenters. The molecule has 0 fully saturated rings. The van der Waals surface area contributed by atoms with Crippen molar-refractivity contribution in [2.24, 2.45) is 41.5 Å². The maximum absolute atomic E-state index is 13.2. The molecule has 1 aliphatic rings. The van der Waals surface area contributed by atoms with Crippen molar-refractivity contribution in [2.75, 3.05) is 12.1 Å². The van der Waals surface area contributed by atoms with Crippen molar-refractivity contribution in [1.29, 1.82) is 0 Å². The van der Waals surface area contributed by atoms with E-state index in [0.717, 1.165) is 22.5 Å². The fourth-order valence-electron chi connectivity index (χ4n) is 5.85. The second kappa shape index (κ2) is 23.0. The van der Waals surface area contributed by atoms with Gasteiger partial charge in [0.2, 0.25) is 6.04 Å². The molecule has 1 heterocycles. The molecule has 68 heavy (non-hydrogen) atoms. The van der Waals surface area contributed by atoms with Crippen LogP contribution in [0.3, 0.4) is 0 Å². The number of hydrogen-bond donors (Lipinski definition) is 4. The standard InChI is InChI=1S/C38H29N9O8S.3O3S/c1-20-17-30(32(55-2)19-29(20)43-41-27-7-3-5-21-6-4-8-31(48)33(21)27)44-42-28-16-9-22-18-23(10-15-26(22)36(28)49)40-45-35-34(37(39)50)46-47(38(35)51)24-11-13-25(14-12-24)56(52,53)54;3*1-4(2)3/h3-19,35,48-49H,1-2H3,(H2,39,50)(H,52,53,54);;;. The summed E-state index contributed by atoms with van der Waals surface area (Å²) in [4.78, 5) is 24.9. The number of nitrogens with zero attached hydrogens (tertiary/aromatic N) is 8. The molecule has 6 aromatic carbocycles. The molecule has 0 saturated heterocycles. The number of phenolic OH excluding ortho intramolecular Hbond substituents is 2. The molecule has 5 N–H and O–H groups in total. The summed E-state index contributed by atoms with van der Waals surface area (Å²) in [5.74, 6) is -1.51. The number of aryl methyl sites for hydroxylation is 1. The molecular formula is C38H29N9O17S4. The fraction of sp³-hybridized carbons (Fsp3) is 0.0789. The number of ether oxygens (including phenoxy) is 1. The van der Waals surface area contributed by atoms with E-state index in [4.69, 9.17) is 48.4 Å². The van der Waals surface area contributed by atoms with Gasteiger partial charge >= 0.3 is 31.8 Å². The number of hydrogen-bond acceptors (Lipinski definition) is 23. The number of benzene rings is 6. The summed E-state index contributed by atoms with van der Waals surface area (Å²) in [6.07, 6.45) is 0. The number of amides is 2. The Bertz CT molecular complexity index is 3470. The van der Waals surface area contributed by atoms with Gasteiger partial charge in [0.25, 0.3) is 21.9 Å². The molecule has 0 aromatic heterocycles. The van der Waals surface area contributed by atoms with Crippen LogP contribution < -0.4 is 15.5 Å². The molecule has 0 aliphatic carbocycles. The van der Waals surface area contributed by atoms with E-state index in [1.165, 1.54) is 25.3 Å². The van der Waals surface area contributed by atoms with E-state index < -0.39 is 64.7 Å². The van der Waals surface area contributed by atoms with E-state index in [1.54, 1.807) is 54.6 Å². The third-order valence-electron chi connectivity index (χ3n) is 8.67. The first kappa shape index (κ1) is 52.0. The normalized spacial score (nSPS) is 13.3. The summed E-state index contributed by atoms with van der Waals surface area (Å²) in [5, 5.41) is 54.2. The summed E-state index contributed by atoms with van der Waals surface area (Å²) in [6, 6.07) is 25.0. The minimum Gasteiger partial charge on any atom is -0.507 e. The van der Waals surface area contributed by atoms with Crippen molar-refractivity contribution >= 4 is 115 Å². The zero-order valence-corrected chi connectivity index (χ0v) is 37.5. The van der Waals surface area contributed by atoms with E-state index in [9.17, 15) is 32.8 Å². The van der Waals surface area contributed by atoms with Crippen molar-refractivity contribution in [1.82, 2.24) is 0 Å². The van der Waals surface area contributed by atoms with Crippen LogP contribution in [0.2, 0.25) is 0 Å². The van der Waals surface area contributed by atoms with Crippen molar-refractivity contribution < 1.29 is 75.4 Å². The largest absolute Gasteiger partial charge is 0.507 e. The Labute approximate surface area is 386 Å². The number of anilines is 1. The molecule has 1 aliphatic heterocycles. The maximum atomic E-state index is 13.2. The van der Waals surface area contributed by atoms with E-state index >= 15 is 0 Å². The Morgan fingerprint density at radius 3 is 1.87 bits per heavy atom. The van der Waals surface area contributed by atoms with E-state index in [-0.39, 0.29) is 34.3 Å². The van der Waals surface area contributed by atoms with Crippen molar-refractivity contribution in [2.45, 2.75) is 17.9 Å². The van der Waals surface area contributed by atoms with Crippen LogP contribution in [0, 0.1) is 6.92 Å². The average Bonchev–Trinajstić information content (AvgIpc) is 3.60. The van der Waals surface area contributed by atoms with Crippen LogP contribution in [0.25, 0.3) is 21.5 Å². The van der Waals surface area contributed by atoms with Gasteiger partial charge in [-0.2, -0.15) is 33.9 Å². The smallest absolute Gasteiger partial charge is 0.425 e. The molecule has 0 radical (unpaired) electrons. The third-order valence-corrected chi connectivity index (χ3v) is 9.54. The lowest BCUT2D eigenvalue weighted by atomic mass is 10.1. The predicted molar refractivity (Wildman–Crippen MR) is 235 cm³/mol. The first-order valence-electron chi connectivity index (χ1n) is 18.0. The van der Waals surface area contributed by atoms with E-state index in [0.29, 0.717) is 44.5 Å². The molecule has 0 saturated carbocycles. The molecule has 2 amide bonds. The van der Waals surface area contributed by atoms with E-state index in [1.807, 2.05) is 25.1 Å². The average molecular weight is 1010 g/mol.